The Morgan fingerprint density at radius 1 is 1.37 bits per heavy atom. The predicted octanol–water partition coefficient (Wildman–Crippen LogP) is 2.11. The third-order valence-electron chi connectivity index (χ3n) is 4.77. The molecule has 0 spiro atoms. The monoisotopic (exact) mass is 508 g/mol. The third-order valence-corrected chi connectivity index (χ3v) is 6.72. The van der Waals surface area contributed by atoms with E-state index in [2.05, 4.69) is 35.5 Å². The van der Waals surface area contributed by atoms with Crippen LogP contribution in [-0.2, 0) is 10.0 Å². The van der Waals surface area contributed by atoms with Gasteiger partial charge in [0.15, 0.2) is 5.96 Å². The number of fused-ring (bicyclic) bond motifs is 1. The van der Waals surface area contributed by atoms with E-state index in [1.807, 2.05) is 18.2 Å². The normalized spacial score (nSPS) is 23.7. The first kappa shape index (κ1) is 22.2. The highest BCUT2D eigenvalue weighted by Gasteiger charge is 2.34. The van der Waals surface area contributed by atoms with Crippen LogP contribution in [0.3, 0.4) is 0 Å². The van der Waals surface area contributed by atoms with Crippen molar-refractivity contribution >= 4 is 40.0 Å². The molecule has 0 saturated carbocycles. The topological polar surface area (TPSA) is 83.0 Å². The highest BCUT2D eigenvalue weighted by molar-refractivity contribution is 14.0. The zero-order valence-corrected chi connectivity index (χ0v) is 19.2. The maximum atomic E-state index is 11.9. The number of rotatable bonds is 4. The molecule has 152 valence electrons. The second-order valence-electron chi connectivity index (χ2n) is 7.37. The van der Waals surface area contributed by atoms with Gasteiger partial charge in [-0.25, -0.2) is 12.7 Å². The molecule has 2 aliphatic heterocycles. The largest absolute Gasteiger partial charge is 0.487 e. The van der Waals surface area contributed by atoms with E-state index < -0.39 is 10.0 Å². The van der Waals surface area contributed by atoms with Gasteiger partial charge in [-0.15, -0.1) is 24.0 Å². The Labute approximate surface area is 179 Å². The maximum Gasteiger partial charge on any atom is 0.214 e. The highest BCUT2D eigenvalue weighted by Crippen LogP contribution is 2.39. The Morgan fingerprint density at radius 3 is 2.78 bits per heavy atom. The number of guanidine groups is 1. The summed E-state index contributed by atoms with van der Waals surface area (Å²) in [5.41, 5.74) is 0.839. The third kappa shape index (κ3) is 5.47. The van der Waals surface area contributed by atoms with E-state index >= 15 is 0 Å². The molecular weight excluding hydrogens is 479 g/mol. The number of hydrogen-bond donors (Lipinski definition) is 2. The Balaban J connectivity index is 0.00000261. The summed E-state index contributed by atoms with van der Waals surface area (Å²) in [6.45, 7) is 5.74. The average molecular weight is 508 g/mol. The fraction of sp³-hybridized carbons (Fsp3) is 0.611. The molecule has 0 aromatic heterocycles. The smallest absolute Gasteiger partial charge is 0.214 e. The number of aliphatic imine (C=N–C) groups is 1. The molecule has 2 aliphatic rings. The molecule has 27 heavy (non-hydrogen) atoms. The summed E-state index contributed by atoms with van der Waals surface area (Å²) in [6.07, 6.45) is 1.52. The number of halogens is 1. The van der Waals surface area contributed by atoms with Gasteiger partial charge < -0.3 is 15.4 Å². The molecule has 3 rings (SSSR count). The molecule has 1 fully saturated rings. The van der Waals surface area contributed by atoms with E-state index in [1.165, 1.54) is 0 Å². The van der Waals surface area contributed by atoms with Crippen LogP contribution in [0.15, 0.2) is 29.3 Å². The molecule has 0 bridgehead atoms. The van der Waals surface area contributed by atoms with E-state index in [1.54, 1.807) is 11.4 Å². The molecular formula is C18H29IN4O3S. The Hall–Kier alpha value is -1.07. The number of benzene rings is 1. The summed E-state index contributed by atoms with van der Waals surface area (Å²) in [7, 11) is -1.34. The van der Waals surface area contributed by atoms with Crippen LogP contribution in [0.1, 0.15) is 38.3 Å². The zero-order chi connectivity index (χ0) is 18.8. The summed E-state index contributed by atoms with van der Waals surface area (Å²) in [4.78, 5) is 4.29. The molecule has 1 unspecified atom stereocenters. The number of ether oxygens (including phenoxy) is 1. The van der Waals surface area contributed by atoms with Crippen molar-refractivity contribution in [1.29, 1.82) is 0 Å². The van der Waals surface area contributed by atoms with Crippen molar-refractivity contribution in [2.45, 2.75) is 38.3 Å². The lowest BCUT2D eigenvalue weighted by Crippen LogP contribution is -2.46. The van der Waals surface area contributed by atoms with Crippen molar-refractivity contribution in [2.24, 2.45) is 4.99 Å². The van der Waals surface area contributed by atoms with Gasteiger partial charge in [0.05, 0.1) is 11.8 Å². The summed E-state index contributed by atoms with van der Waals surface area (Å²) in [5, 5.41) is 6.69. The van der Waals surface area contributed by atoms with Crippen LogP contribution < -0.4 is 15.4 Å². The van der Waals surface area contributed by atoms with Crippen molar-refractivity contribution in [2.75, 3.05) is 32.4 Å². The number of hydrogen-bond acceptors (Lipinski definition) is 4. The minimum atomic E-state index is -3.06. The maximum absolute atomic E-state index is 11.9. The van der Waals surface area contributed by atoms with Crippen molar-refractivity contribution in [1.82, 2.24) is 14.9 Å². The van der Waals surface area contributed by atoms with Gasteiger partial charge in [0.1, 0.15) is 11.4 Å². The van der Waals surface area contributed by atoms with Crippen molar-refractivity contribution in [3.8, 4) is 5.75 Å². The fourth-order valence-electron chi connectivity index (χ4n) is 3.53. The molecule has 9 heteroatoms. The van der Waals surface area contributed by atoms with Gasteiger partial charge >= 0.3 is 0 Å². The molecule has 1 atom stereocenters. The van der Waals surface area contributed by atoms with E-state index in [9.17, 15) is 8.42 Å². The molecule has 0 amide bonds. The summed E-state index contributed by atoms with van der Waals surface area (Å²) >= 11 is 0. The van der Waals surface area contributed by atoms with Gasteiger partial charge in [0.2, 0.25) is 10.0 Å². The summed E-state index contributed by atoms with van der Waals surface area (Å²) in [5.74, 6) is 1.81. The van der Waals surface area contributed by atoms with E-state index in [0.717, 1.165) is 17.7 Å². The second kappa shape index (κ2) is 8.95. The Morgan fingerprint density at radius 2 is 2.11 bits per heavy atom. The van der Waals surface area contributed by atoms with Crippen molar-refractivity contribution < 1.29 is 13.2 Å². The fourth-order valence-corrected chi connectivity index (χ4v) is 5.06. The highest BCUT2D eigenvalue weighted by atomic mass is 127. The Kier molecular flexibility index (Phi) is 7.37. The van der Waals surface area contributed by atoms with Gasteiger partial charge in [0, 0.05) is 38.7 Å². The van der Waals surface area contributed by atoms with E-state index in [-0.39, 0.29) is 41.4 Å². The minimum absolute atomic E-state index is 0. The first-order valence-corrected chi connectivity index (χ1v) is 10.6. The van der Waals surface area contributed by atoms with Crippen molar-refractivity contribution in [3.63, 3.8) is 0 Å². The minimum Gasteiger partial charge on any atom is -0.487 e. The quantitative estimate of drug-likeness (QED) is 0.370. The van der Waals surface area contributed by atoms with Crippen LogP contribution in [0.2, 0.25) is 0 Å². The molecule has 1 aromatic carbocycles. The number of sulfonamides is 1. The van der Waals surface area contributed by atoms with Gasteiger partial charge in [-0.1, -0.05) is 18.2 Å². The molecule has 1 aromatic rings. The second-order valence-corrected chi connectivity index (χ2v) is 9.46. The molecule has 1 saturated heterocycles. The van der Waals surface area contributed by atoms with Crippen LogP contribution in [-0.4, -0.2) is 56.7 Å². The van der Waals surface area contributed by atoms with Crippen LogP contribution in [0.25, 0.3) is 0 Å². The summed E-state index contributed by atoms with van der Waals surface area (Å²) in [6, 6.07) is 8.10. The molecule has 0 aliphatic carbocycles. The SMILES string of the molecule is CN=C(NCCN1CCCS1(=O)=O)NC1CC(C)(C)Oc2ccccc21.I. The predicted molar refractivity (Wildman–Crippen MR) is 118 cm³/mol. The lowest BCUT2D eigenvalue weighted by atomic mass is 9.90. The van der Waals surface area contributed by atoms with Crippen LogP contribution >= 0.6 is 24.0 Å². The van der Waals surface area contributed by atoms with Gasteiger partial charge in [-0.05, 0) is 26.3 Å². The van der Waals surface area contributed by atoms with Crippen LogP contribution in [0.5, 0.6) is 5.75 Å². The zero-order valence-electron chi connectivity index (χ0n) is 16.1. The standard InChI is InChI=1S/C18H28N4O3S.HI/c1-18(2)13-15(14-7-4-5-8-16(14)25-18)21-17(19-3)20-9-11-22-10-6-12-26(22,23)24;/h4-5,7-8,15H,6,9-13H2,1-3H3,(H2,19,20,21);1H. The molecule has 7 nitrogen and oxygen atoms in total. The average Bonchev–Trinajstić information content (AvgIpc) is 2.91. The number of para-hydroxylation sites is 1. The van der Waals surface area contributed by atoms with Gasteiger partial charge in [-0.3, -0.25) is 4.99 Å². The van der Waals surface area contributed by atoms with Gasteiger partial charge in [0.25, 0.3) is 0 Å². The van der Waals surface area contributed by atoms with Crippen LogP contribution in [0.4, 0.5) is 0 Å². The Bertz CT molecular complexity index is 783. The molecule has 0 radical (unpaired) electrons. The number of nitrogens with one attached hydrogen (secondary N) is 2. The lowest BCUT2D eigenvalue weighted by molar-refractivity contribution is 0.0694. The first-order valence-electron chi connectivity index (χ1n) is 9.04. The van der Waals surface area contributed by atoms with Crippen LogP contribution in [0, 0.1) is 0 Å². The van der Waals surface area contributed by atoms with Gasteiger partial charge in [-0.2, -0.15) is 0 Å². The lowest BCUT2D eigenvalue weighted by Gasteiger charge is -2.38. The summed E-state index contributed by atoms with van der Waals surface area (Å²) < 4.78 is 31.3. The van der Waals surface area contributed by atoms with Crippen molar-refractivity contribution in [3.05, 3.63) is 29.8 Å². The molecule has 2 heterocycles. The van der Waals surface area contributed by atoms with E-state index in [0.29, 0.717) is 32.0 Å². The number of nitrogens with zero attached hydrogens (tertiary/aromatic N) is 2. The molecule has 2 N–H and O–H groups in total. The first-order chi connectivity index (χ1) is 12.3. The van der Waals surface area contributed by atoms with E-state index in [4.69, 9.17) is 4.74 Å².